The number of carboxylic acid groups (broad SMARTS) is 1. The molecule has 0 fully saturated rings. The van der Waals surface area contributed by atoms with Crippen LogP contribution in [0.15, 0.2) is 4.99 Å². The lowest BCUT2D eigenvalue weighted by Crippen LogP contribution is -2.57. The molecule has 13 nitrogen and oxygen atoms in total. The highest BCUT2D eigenvalue weighted by molar-refractivity contribution is 5.94. The average Bonchev–Trinajstić information content (AvgIpc) is 2.66. The first-order valence-electron chi connectivity index (χ1n) is 9.94. The topological polar surface area (TPSA) is 235 Å². The quantitative estimate of drug-likeness (QED) is 0.0769. The van der Waals surface area contributed by atoms with E-state index in [4.69, 9.17) is 27.4 Å². The van der Waals surface area contributed by atoms with E-state index < -0.39 is 54.5 Å². The van der Waals surface area contributed by atoms with Crippen molar-refractivity contribution in [2.24, 2.45) is 28.1 Å². The molecule has 0 spiro atoms. The Morgan fingerprint density at radius 2 is 1.42 bits per heavy atom. The van der Waals surface area contributed by atoms with Crippen LogP contribution in [0.25, 0.3) is 0 Å². The summed E-state index contributed by atoms with van der Waals surface area (Å²) in [5.74, 6) is -3.50. The van der Waals surface area contributed by atoms with Crippen LogP contribution < -0.4 is 33.2 Å². The molecule has 4 atom stereocenters. The number of hydrogen-bond donors (Lipinski definition) is 8. The highest BCUT2D eigenvalue weighted by Gasteiger charge is 2.30. The molecule has 0 heterocycles. The van der Waals surface area contributed by atoms with Crippen LogP contribution in [-0.4, -0.2) is 77.2 Å². The predicted molar refractivity (Wildman–Crippen MR) is 114 cm³/mol. The molecule has 0 radical (unpaired) electrons. The predicted octanol–water partition coefficient (Wildman–Crippen LogP) is -3.04. The largest absolute Gasteiger partial charge is 0.480 e. The number of rotatable bonds is 14. The van der Waals surface area contributed by atoms with Crippen molar-refractivity contribution in [3.05, 3.63) is 0 Å². The number of hydrogen-bond acceptors (Lipinski definition) is 7. The molecule has 178 valence electrons. The zero-order valence-corrected chi connectivity index (χ0v) is 18.1. The lowest BCUT2D eigenvalue weighted by atomic mass is 10.0. The monoisotopic (exact) mass is 445 g/mol. The molecule has 0 bridgehead atoms. The number of carboxylic acids is 1. The molecule has 0 aromatic rings. The number of guanidine groups is 1. The van der Waals surface area contributed by atoms with E-state index in [-0.39, 0.29) is 31.3 Å². The fourth-order valence-electron chi connectivity index (χ4n) is 2.51. The number of nitrogens with zero attached hydrogens (tertiary/aromatic N) is 1. The van der Waals surface area contributed by atoms with E-state index in [1.807, 2.05) is 13.8 Å². The van der Waals surface area contributed by atoms with Crippen molar-refractivity contribution in [1.29, 1.82) is 0 Å². The van der Waals surface area contributed by atoms with Gasteiger partial charge in [-0.2, -0.15) is 0 Å². The number of carbonyl (C=O) groups excluding carboxylic acids is 3. The number of nitrogens with one attached hydrogen (secondary N) is 3. The van der Waals surface area contributed by atoms with Crippen LogP contribution in [0.3, 0.4) is 0 Å². The van der Waals surface area contributed by atoms with Crippen molar-refractivity contribution < 1.29 is 29.4 Å². The third-order valence-electron chi connectivity index (χ3n) is 4.13. The van der Waals surface area contributed by atoms with Crippen LogP contribution in [0.2, 0.25) is 0 Å². The summed E-state index contributed by atoms with van der Waals surface area (Å²) in [4.78, 5) is 52.2. The Labute approximate surface area is 181 Å². The van der Waals surface area contributed by atoms with Gasteiger partial charge >= 0.3 is 5.97 Å². The van der Waals surface area contributed by atoms with Gasteiger partial charge in [0.2, 0.25) is 17.7 Å². The van der Waals surface area contributed by atoms with Gasteiger partial charge in [-0.15, -0.1) is 0 Å². The average molecular weight is 446 g/mol. The summed E-state index contributed by atoms with van der Waals surface area (Å²) >= 11 is 0. The normalized spacial score (nSPS) is 14.6. The van der Waals surface area contributed by atoms with Gasteiger partial charge in [-0.05, 0) is 32.1 Å². The van der Waals surface area contributed by atoms with Gasteiger partial charge in [0.25, 0.3) is 0 Å². The molecule has 0 saturated heterocycles. The SMILES string of the molecule is CC(C)CC(NC(=O)C(CCCN=C(N)N)NC(=O)C(C)N)C(=O)NC(CO)C(=O)O. The minimum Gasteiger partial charge on any atom is -0.480 e. The molecule has 0 aromatic carbocycles. The van der Waals surface area contributed by atoms with Crippen LogP contribution in [0.5, 0.6) is 0 Å². The number of aliphatic carboxylic acids is 1. The molecule has 0 aromatic heterocycles. The lowest BCUT2D eigenvalue weighted by molar-refractivity contribution is -0.143. The Morgan fingerprint density at radius 1 is 0.903 bits per heavy atom. The Kier molecular flexibility index (Phi) is 12.8. The fraction of sp³-hybridized carbons (Fsp3) is 0.722. The minimum atomic E-state index is -1.51. The molecule has 11 N–H and O–H groups in total. The van der Waals surface area contributed by atoms with Crippen molar-refractivity contribution >= 4 is 29.7 Å². The van der Waals surface area contributed by atoms with Crippen LogP contribution in [0.4, 0.5) is 0 Å². The maximum atomic E-state index is 12.8. The van der Waals surface area contributed by atoms with Gasteiger partial charge in [0.05, 0.1) is 12.6 Å². The van der Waals surface area contributed by atoms with Gasteiger partial charge in [-0.1, -0.05) is 13.8 Å². The van der Waals surface area contributed by atoms with Gasteiger partial charge in [-0.3, -0.25) is 19.4 Å². The summed E-state index contributed by atoms with van der Waals surface area (Å²) in [5, 5.41) is 25.4. The van der Waals surface area contributed by atoms with Gasteiger partial charge in [0.15, 0.2) is 5.96 Å². The van der Waals surface area contributed by atoms with Crippen molar-refractivity contribution in [2.45, 2.75) is 64.2 Å². The van der Waals surface area contributed by atoms with E-state index in [9.17, 15) is 19.2 Å². The first kappa shape index (κ1) is 28.1. The van der Waals surface area contributed by atoms with Crippen molar-refractivity contribution in [3.8, 4) is 0 Å². The Morgan fingerprint density at radius 3 is 1.87 bits per heavy atom. The van der Waals surface area contributed by atoms with Gasteiger partial charge in [-0.25, -0.2) is 4.79 Å². The molecule has 0 aliphatic rings. The Bertz CT molecular complexity index is 649. The van der Waals surface area contributed by atoms with Gasteiger partial charge in [0.1, 0.15) is 18.1 Å². The van der Waals surface area contributed by atoms with Crippen LogP contribution in [0.1, 0.15) is 40.0 Å². The molecule has 0 rings (SSSR count). The summed E-state index contributed by atoms with van der Waals surface area (Å²) < 4.78 is 0. The summed E-state index contributed by atoms with van der Waals surface area (Å²) in [7, 11) is 0. The third-order valence-corrected chi connectivity index (χ3v) is 4.13. The smallest absolute Gasteiger partial charge is 0.328 e. The third kappa shape index (κ3) is 11.7. The highest BCUT2D eigenvalue weighted by Crippen LogP contribution is 2.08. The van der Waals surface area contributed by atoms with Crippen molar-refractivity contribution in [2.75, 3.05) is 13.2 Å². The number of aliphatic hydroxyl groups is 1. The van der Waals surface area contributed by atoms with E-state index in [2.05, 4.69) is 20.9 Å². The second kappa shape index (κ2) is 14.1. The standard InChI is InChI=1S/C18H35N7O6/c1-9(2)7-12(16(29)25-13(8-26)17(30)31)24-15(28)11(23-14(27)10(3)19)5-4-6-22-18(20)21/h9-13,26H,4-8,19H2,1-3H3,(H,23,27)(H,24,28)(H,25,29)(H,30,31)(H4,20,21,22). The van der Waals surface area contributed by atoms with E-state index >= 15 is 0 Å². The Balaban J connectivity index is 5.37. The summed E-state index contributed by atoms with van der Waals surface area (Å²) in [6.07, 6.45) is 0.741. The molecular formula is C18H35N7O6. The Hall–Kier alpha value is -2.93. The number of aliphatic imine (C=N–C) groups is 1. The zero-order valence-electron chi connectivity index (χ0n) is 18.1. The van der Waals surface area contributed by atoms with Gasteiger partial charge < -0.3 is 43.4 Å². The first-order valence-corrected chi connectivity index (χ1v) is 9.94. The molecule has 3 amide bonds. The van der Waals surface area contributed by atoms with Crippen molar-refractivity contribution in [1.82, 2.24) is 16.0 Å². The second-order valence-electron chi connectivity index (χ2n) is 7.57. The zero-order chi connectivity index (χ0) is 24.1. The number of aliphatic hydroxyl groups excluding tert-OH is 1. The molecular weight excluding hydrogens is 410 g/mol. The van der Waals surface area contributed by atoms with Crippen LogP contribution in [0, 0.1) is 5.92 Å². The summed E-state index contributed by atoms with van der Waals surface area (Å²) in [6, 6.07) is -4.45. The lowest BCUT2D eigenvalue weighted by Gasteiger charge is -2.25. The minimum absolute atomic E-state index is 0.0209. The van der Waals surface area contributed by atoms with E-state index in [1.165, 1.54) is 6.92 Å². The summed E-state index contributed by atoms with van der Waals surface area (Å²) in [5.41, 5.74) is 16.1. The number of carbonyl (C=O) groups is 4. The maximum absolute atomic E-state index is 12.8. The molecule has 0 aliphatic carbocycles. The fourth-order valence-corrected chi connectivity index (χ4v) is 2.51. The molecule has 13 heteroatoms. The number of amides is 3. The molecule has 31 heavy (non-hydrogen) atoms. The van der Waals surface area contributed by atoms with E-state index in [1.54, 1.807) is 0 Å². The molecule has 4 unspecified atom stereocenters. The number of nitrogens with two attached hydrogens (primary N) is 3. The van der Waals surface area contributed by atoms with Crippen LogP contribution in [-0.2, 0) is 19.2 Å². The van der Waals surface area contributed by atoms with Crippen molar-refractivity contribution in [3.63, 3.8) is 0 Å². The summed E-state index contributed by atoms with van der Waals surface area (Å²) in [6.45, 7) is 4.52. The first-order chi connectivity index (χ1) is 14.4. The van der Waals surface area contributed by atoms with E-state index in [0.717, 1.165) is 0 Å². The highest BCUT2D eigenvalue weighted by atomic mass is 16.4. The van der Waals surface area contributed by atoms with Crippen LogP contribution >= 0.6 is 0 Å². The van der Waals surface area contributed by atoms with Gasteiger partial charge in [0, 0.05) is 6.54 Å². The van der Waals surface area contributed by atoms with E-state index in [0.29, 0.717) is 6.42 Å². The molecule has 0 saturated carbocycles. The second-order valence-corrected chi connectivity index (χ2v) is 7.57. The maximum Gasteiger partial charge on any atom is 0.328 e. The molecule has 0 aliphatic heterocycles.